The highest BCUT2D eigenvalue weighted by molar-refractivity contribution is 5.19. The molecule has 0 fully saturated rings. The van der Waals surface area contributed by atoms with Gasteiger partial charge in [0, 0.05) is 13.5 Å². The molecule has 0 aliphatic heterocycles. The summed E-state index contributed by atoms with van der Waals surface area (Å²) >= 11 is 0. The van der Waals surface area contributed by atoms with E-state index in [9.17, 15) is 5.11 Å². The van der Waals surface area contributed by atoms with Crippen molar-refractivity contribution in [3.8, 4) is 0 Å². The molecule has 0 spiro atoms. The number of hydrogen-bond acceptors (Lipinski definition) is 2. The summed E-state index contributed by atoms with van der Waals surface area (Å²) in [6.45, 7) is 0.468. The van der Waals surface area contributed by atoms with E-state index in [2.05, 4.69) is 0 Å². The highest BCUT2D eigenvalue weighted by atomic mass is 16.5. The molecule has 0 amide bonds. The first-order valence-corrected chi connectivity index (χ1v) is 3.90. The maximum absolute atomic E-state index is 9.52. The molecule has 0 aliphatic carbocycles. The minimum Gasteiger partial charge on any atom is -0.388 e. The average molecular weight is 165 g/mol. The van der Waals surface area contributed by atoms with Gasteiger partial charge in [0.25, 0.3) is 0 Å². The van der Waals surface area contributed by atoms with Gasteiger partial charge in [0.1, 0.15) is 0 Å². The van der Waals surface area contributed by atoms with Crippen LogP contribution in [0.25, 0.3) is 0 Å². The van der Waals surface area contributed by atoms with Gasteiger partial charge in [-0.05, 0) is 5.56 Å². The van der Waals surface area contributed by atoms with Crippen molar-refractivity contribution in [3.05, 3.63) is 42.3 Å². The summed E-state index contributed by atoms with van der Waals surface area (Å²) in [7, 11) is 1.61. The van der Waals surface area contributed by atoms with Crippen LogP contribution >= 0.6 is 0 Å². The number of benzene rings is 1. The second kappa shape index (κ2) is 4.91. The van der Waals surface area contributed by atoms with Gasteiger partial charge >= 0.3 is 0 Å². The van der Waals surface area contributed by atoms with E-state index in [-0.39, 0.29) is 0 Å². The molecule has 1 atom stereocenters. The molecule has 0 unspecified atom stereocenters. The molecular formula is C10H13O2. The van der Waals surface area contributed by atoms with Crippen molar-refractivity contribution in [1.29, 1.82) is 0 Å². The molecule has 65 valence electrons. The maximum atomic E-state index is 9.52. The van der Waals surface area contributed by atoms with Gasteiger partial charge < -0.3 is 9.84 Å². The van der Waals surface area contributed by atoms with Crippen LogP contribution in [0.3, 0.4) is 0 Å². The fourth-order valence-corrected chi connectivity index (χ4v) is 0.974. The molecule has 1 rings (SSSR count). The van der Waals surface area contributed by atoms with Crippen molar-refractivity contribution in [1.82, 2.24) is 0 Å². The van der Waals surface area contributed by atoms with Gasteiger partial charge in [-0.3, -0.25) is 0 Å². The van der Waals surface area contributed by atoms with Crippen LogP contribution in [0.1, 0.15) is 11.7 Å². The molecule has 0 heterocycles. The Bertz CT molecular complexity index is 208. The number of rotatable bonds is 4. The highest BCUT2D eigenvalue weighted by Crippen LogP contribution is 2.14. The molecule has 0 aliphatic rings. The molecule has 1 aromatic rings. The molecule has 0 bridgehead atoms. The predicted molar refractivity (Wildman–Crippen MR) is 47.6 cm³/mol. The molecule has 0 aromatic heterocycles. The van der Waals surface area contributed by atoms with Crippen molar-refractivity contribution in [2.45, 2.75) is 6.10 Å². The lowest BCUT2D eigenvalue weighted by molar-refractivity contribution is 0.160. The number of hydrogen-bond donors (Lipinski definition) is 1. The Labute approximate surface area is 72.8 Å². The molecule has 2 nitrogen and oxygen atoms in total. The molecule has 1 aromatic carbocycles. The van der Waals surface area contributed by atoms with Gasteiger partial charge in [-0.15, -0.1) is 0 Å². The summed E-state index contributed by atoms with van der Waals surface area (Å²) in [4.78, 5) is 0. The molecule has 0 saturated carbocycles. The van der Waals surface area contributed by atoms with Crippen LogP contribution in [0.4, 0.5) is 0 Å². The van der Waals surface area contributed by atoms with Crippen LogP contribution in [0, 0.1) is 6.42 Å². The Morgan fingerprint density at radius 2 is 2.08 bits per heavy atom. The largest absolute Gasteiger partial charge is 0.388 e. The fraction of sp³-hybridized carbons (Fsp3) is 0.300. The predicted octanol–water partition coefficient (Wildman–Crippen LogP) is 1.57. The quantitative estimate of drug-likeness (QED) is 0.733. The molecule has 1 N–H and O–H groups in total. The zero-order valence-electron chi connectivity index (χ0n) is 7.10. The molecule has 1 radical (unpaired) electrons. The minimum absolute atomic E-state index is 0.468. The lowest BCUT2D eigenvalue weighted by Crippen LogP contribution is -2.02. The Kier molecular flexibility index (Phi) is 3.77. The van der Waals surface area contributed by atoms with E-state index in [4.69, 9.17) is 4.74 Å². The third-order valence-electron chi connectivity index (χ3n) is 1.63. The van der Waals surface area contributed by atoms with E-state index < -0.39 is 6.10 Å². The topological polar surface area (TPSA) is 29.5 Å². The zero-order chi connectivity index (χ0) is 8.81. The first-order chi connectivity index (χ1) is 5.84. The van der Waals surface area contributed by atoms with Gasteiger partial charge in [0.2, 0.25) is 0 Å². The summed E-state index contributed by atoms with van der Waals surface area (Å²) in [6, 6.07) is 9.50. The van der Waals surface area contributed by atoms with Crippen molar-refractivity contribution in [2.24, 2.45) is 0 Å². The summed E-state index contributed by atoms with van der Waals surface area (Å²) in [5, 5.41) is 9.52. The van der Waals surface area contributed by atoms with E-state index in [1.165, 1.54) is 0 Å². The van der Waals surface area contributed by atoms with Gasteiger partial charge in [0.15, 0.2) is 0 Å². The summed E-state index contributed by atoms with van der Waals surface area (Å²) in [6.07, 6.45) is 1.20. The van der Waals surface area contributed by atoms with Gasteiger partial charge in [-0.25, -0.2) is 0 Å². The number of methoxy groups -OCH3 is 1. The van der Waals surface area contributed by atoms with Crippen molar-refractivity contribution >= 4 is 0 Å². The van der Waals surface area contributed by atoms with Crippen molar-refractivity contribution in [3.63, 3.8) is 0 Å². The van der Waals surface area contributed by atoms with E-state index in [1.807, 2.05) is 30.3 Å². The SMILES string of the molecule is COC[CH][C@H](O)c1ccccc1. The summed E-state index contributed by atoms with van der Waals surface area (Å²) < 4.78 is 4.82. The molecular weight excluding hydrogens is 152 g/mol. The van der Waals surface area contributed by atoms with Gasteiger partial charge in [-0.1, -0.05) is 30.3 Å². The monoisotopic (exact) mass is 165 g/mol. The molecule has 0 saturated heterocycles. The molecule has 12 heavy (non-hydrogen) atoms. The summed E-state index contributed by atoms with van der Waals surface area (Å²) in [5.74, 6) is 0. The van der Waals surface area contributed by atoms with Gasteiger partial charge in [-0.2, -0.15) is 0 Å². The Morgan fingerprint density at radius 1 is 1.42 bits per heavy atom. The van der Waals surface area contributed by atoms with Gasteiger partial charge in [0.05, 0.1) is 12.7 Å². The van der Waals surface area contributed by atoms with E-state index >= 15 is 0 Å². The normalized spacial score (nSPS) is 12.8. The smallest absolute Gasteiger partial charge is 0.0844 e. The van der Waals surface area contributed by atoms with E-state index in [0.717, 1.165) is 5.56 Å². The zero-order valence-corrected chi connectivity index (χ0v) is 7.10. The second-order valence-electron chi connectivity index (χ2n) is 2.55. The average Bonchev–Trinajstić information content (AvgIpc) is 2.15. The van der Waals surface area contributed by atoms with E-state index in [0.29, 0.717) is 6.61 Å². The van der Waals surface area contributed by atoms with Crippen molar-refractivity contribution < 1.29 is 9.84 Å². The first-order valence-electron chi connectivity index (χ1n) is 3.90. The first kappa shape index (κ1) is 9.23. The lowest BCUT2D eigenvalue weighted by Gasteiger charge is -2.08. The highest BCUT2D eigenvalue weighted by Gasteiger charge is 2.05. The van der Waals surface area contributed by atoms with Crippen LogP contribution in [-0.2, 0) is 4.74 Å². The minimum atomic E-state index is -0.522. The fourth-order valence-electron chi connectivity index (χ4n) is 0.974. The second-order valence-corrected chi connectivity index (χ2v) is 2.55. The Balaban J connectivity index is 2.48. The Morgan fingerprint density at radius 3 is 2.67 bits per heavy atom. The molecule has 2 heteroatoms. The number of aliphatic hydroxyl groups is 1. The van der Waals surface area contributed by atoms with Crippen LogP contribution in [0.15, 0.2) is 30.3 Å². The third kappa shape index (κ3) is 2.64. The maximum Gasteiger partial charge on any atom is 0.0844 e. The summed E-state index contributed by atoms with van der Waals surface area (Å²) in [5.41, 5.74) is 0.898. The van der Waals surface area contributed by atoms with Crippen LogP contribution in [0.2, 0.25) is 0 Å². The number of aliphatic hydroxyl groups excluding tert-OH is 1. The van der Waals surface area contributed by atoms with Crippen LogP contribution in [-0.4, -0.2) is 18.8 Å². The third-order valence-corrected chi connectivity index (χ3v) is 1.63. The lowest BCUT2D eigenvalue weighted by atomic mass is 10.1. The Hall–Kier alpha value is -0.860. The number of ether oxygens (including phenoxy) is 1. The van der Waals surface area contributed by atoms with E-state index in [1.54, 1.807) is 13.5 Å². The van der Waals surface area contributed by atoms with Crippen molar-refractivity contribution in [2.75, 3.05) is 13.7 Å². The standard InChI is InChI=1S/C10H13O2/c1-12-8-7-10(11)9-5-3-2-4-6-9/h2-7,10-11H,8H2,1H3/t10-/m0/s1. The van der Waals surface area contributed by atoms with Crippen LogP contribution < -0.4 is 0 Å². The van der Waals surface area contributed by atoms with Crippen LogP contribution in [0.5, 0.6) is 0 Å².